The Bertz CT molecular complexity index is 3590. The van der Waals surface area contributed by atoms with Crippen LogP contribution in [0.3, 0.4) is 0 Å². The van der Waals surface area contributed by atoms with Crippen LogP contribution in [0.1, 0.15) is 304 Å². The van der Waals surface area contributed by atoms with Crippen LogP contribution in [0.25, 0.3) is 0 Å². The fourth-order valence-corrected chi connectivity index (χ4v) is 14.9. The van der Waals surface area contributed by atoms with E-state index < -0.39 is 0 Å². The van der Waals surface area contributed by atoms with E-state index in [-0.39, 0.29) is 111 Å². The molecule has 0 saturated heterocycles. The number of aliphatic hydroxyl groups is 2. The van der Waals surface area contributed by atoms with Crippen LogP contribution in [0.4, 0.5) is 0 Å². The van der Waals surface area contributed by atoms with Crippen molar-refractivity contribution in [3.8, 4) is 0 Å². The molecule has 778 valence electrons. The second kappa shape index (κ2) is 54.9. The third-order valence-electron chi connectivity index (χ3n) is 22.2. The average Bonchev–Trinajstić information content (AvgIpc) is 1.62. The Morgan fingerprint density at radius 2 is 0.552 bits per heavy atom. The van der Waals surface area contributed by atoms with E-state index in [1.54, 1.807) is 0 Å². The Kier molecular flexibility index (Phi) is 52.0. The first kappa shape index (κ1) is 127. The summed E-state index contributed by atoms with van der Waals surface area (Å²) in [5.41, 5.74) is 6.24. The van der Waals surface area contributed by atoms with Gasteiger partial charge in [-0.1, -0.05) is 291 Å². The number of fused-ring (bicyclic) bond motifs is 3. The van der Waals surface area contributed by atoms with E-state index in [0.29, 0.717) is 71.4 Å². The summed E-state index contributed by atoms with van der Waals surface area (Å²) in [6.45, 7) is 113. The lowest BCUT2D eigenvalue weighted by Gasteiger charge is -2.38. The zero-order chi connectivity index (χ0) is 104. The van der Waals surface area contributed by atoms with Gasteiger partial charge in [0.15, 0.2) is 0 Å². The number of allylic oxidation sites excluding steroid dienone is 2. The number of amidine groups is 5. The molecule has 0 aliphatic carbocycles. The van der Waals surface area contributed by atoms with Crippen molar-refractivity contribution in [2.75, 3.05) is 197 Å². The minimum Gasteiger partial charge on any atom is -0.400 e. The first-order chi connectivity index (χ1) is 60.9. The van der Waals surface area contributed by atoms with Crippen molar-refractivity contribution in [3.05, 3.63) is 22.5 Å². The maximum Gasteiger partial charge on any atom is 0.225 e. The van der Waals surface area contributed by atoms with Crippen molar-refractivity contribution in [2.24, 2.45) is 112 Å². The predicted molar refractivity (Wildman–Crippen MR) is 567 cm³/mol. The summed E-state index contributed by atoms with van der Waals surface area (Å²) in [6, 6.07) is 0. The van der Waals surface area contributed by atoms with Crippen molar-refractivity contribution >= 4 is 70.3 Å². The third kappa shape index (κ3) is 48.4. The van der Waals surface area contributed by atoms with Gasteiger partial charge in [0.1, 0.15) is 17.5 Å². The number of aliphatic hydroxyl groups excluding tert-OH is 2. The molecular formula is C105H205N21O8. The van der Waals surface area contributed by atoms with Crippen molar-refractivity contribution in [1.82, 2.24) is 77.7 Å². The second-order valence-electron chi connectivity index (χ2n) is 50.9. The van der Waals surface area contributed by atoms with Crippen molar-refractivity contribution in [1.29, 1.82) is 0 Å². The van der Waals surface area contributed by atoms with Gasteiger partial charge >= 0.3 is 0 Å². The summed E-state index contributed by atoms with van der Waals surface area (Å²) < 4.78 is 0. The summed E-state index contributed by atoms with van der Waals surface area (Å²) in [7, 11) is 2.00. The lowest BCUT2D eigenvalue weighted by Crippen LogP contribution is -2.45. The molecule has 0 radical (unpaired) electrons. The van der Waals surface area contributed by atoms with Gasteiger partial charge in [0.05, 0.1) is 56.9 Å². The van der Waals surface area contributed by atoms with E-state index in [4.69, 9.17) is 30.2 Å². The highest BCUT2D eigenvalue weighted by Gasteiger charge is 2.44. The van der Waals surface area contributed by atoms with Crippen LogP contribution in [0.5, 0.6) is 0 Å². The summed E-state index contributed by atoms with van der Waals surface area (Å²) >= 11 is 0. The number of amides is 6. The summed E-state index contributed by atoms with van der Waals surface area (Å²) in [5, 5.41) is 45.1. The van der Waals surface area contributed by atoms with Gasteiger partial charge in [-0.15, -0.1) is 0 Å². The number of rotatable bonds is 20. The standard InChI is InChI=1S/2C15H29N3O.3C15H27N3.2C14H29N3O2.2CH4O/c2*1-14(2,3)11-12-16-7-9-18(12)10-8-17-13(19)15(4,5)6;3*1-14(2,3)11-12(15(4,5)6)16-7-9-18-10-8-17-13(11)18;2*1-13(2,3)11(18)16-9-7-15-8-10-17-12(19)14(4,5)6;2*1-2/h2*7-11H2,1-6H3,(H,17,19);2*16H,7-10H2,1-6H3;11H,7-10H2,1-6H3;2*15H,7-10H2,1-6H3,(H,16,18)(H,17,19);2*2H,1H3. The zero-order valence-electron chi connectivity index (χ0n) is 94.1. The minimum absolute atomic E-state index is 0.0512. The zero-order valence-corrected chi connectivity index (χ0v) is 94.1. The predicted octanol–water partition coefficient (Wildman–Crippen LogP) is 13.8. The molecule has 29 nitrogen and oxygen atoms in total. The fraction of sp³-hybridized carbons (Fsp3) is 0.848. The molecular weight excluding hydrogens is 1680 g/mol. The molecule has 6 amide bonds. The van der Waals surface area contributed by atoms with Gasteiger partial charge in [0.25, 0.3) is 0 Å². The molecule has 8 heterocycles. The molecule has 134 heavy (non-hydrogen) atoms. The maximum atomic E-state index is 11.8. The van der Waals surface area contributed by atoms with E-state index in [1.807, 2.05) is 125 Å². The molecule has 0 fully saturated rings. The lowest BCUT2D eigenvalue weighted by molar-refractivity contribution is -0.129. The smallest absolute Gasteiger partial charge is 0.225 e. The number of nitrogens with one attached hydrogen (secondary N) is 10. The van der Waals surface area contributed by atoms with Crippen LogP contribution in [0.2, 0.25) is 0 Å². The second-order valence-corrected chi connectivity index (χ2v) is 50.9. The topological polar surface area (TPSA) is 354 Å². The molecule has 8 aliphatic heterocycles. The van der Waals surface area contributed by atoms with Crippen LogP contribution in [0, 0.1) is 81.7 Å². The number of hydrogen-bond acceptors (Lipinski definition) is 23. The Morgan fingerprint density at radius 3 is 0.799 bits per heavy atom. The van der Waals surface area contributed by atoms with Gasteiger partial charge in [-0.3, -0.25) is 58.7 Å². The molecule has 1 unspecified atom stereocenters. The van der Waals surface area contributed by atoms with Gasteiger partial charge in [0, 0.05) is 248 Å². The van der Waals surface area contributed by atoms with Crippen molar-refractivity contribution in [3.63, 3.8) is 0 Å². The third-order valence-corrected chi connectivity index (χ3v) is 22.2. The number of carbonyl (C=O) groups is 6. The molecule has 0 spiro atoms. The molecule has 0 saturated carbocycles. The highest BCUT2D eigenvalue weighted by Crippen LogP contribution is 2.42. The van der Waals surface area contributed by atoms with E-state index >= 15 is 0 Å². The van der Waals surface area contributed by atoms with Crippen molar-refractivity contribution < 1.29 is 39.0 Å². The van der Waals surface area contributed by atoms with Crippen LogP contribution in [-0.2, 0) is 28.8 Å². The quantitative estimate of drug-likeness (QED) is 0.0504. The summed E-state index contributed by atoms with van der Waals surface area (Å²) in [6.07, 6.45) is 2.00. The monoisotopic (exact) mass is 1890 g/mol. The number of hydrogen-bond donors (Lipinski definition) is 12. The van der Waals surface area contributed by atoms with Gasteiger partial charge in [-0.25, -0.2) is 0 Å². The Balaban J connectivity index is 0.00000153. The molecule has 0 aromatic carbocycles. The summed E-state index contributed by atoms with van der Waals surface area (Å²) in [4.78, 5) is 110. The van der Waals surface area contributed by atoms with E-state index in [2.05, 4.69) is 254 Å². The number of nitrogens with zero attached hydrogens (tertiary/aromatic N) is 11. The Morgan fingerprint density at radius 1 is 0.299 bits per heavy atom. The SMILES string of the molecule is CC(C)(C)C(=O)NCCNCCNC(=O)C(C)(C)C.CC(C)(C)C(=O)NCCNCCNC(=O)C(C)(C)C.CC(C)(C)C1=C(C(C)(C)C)C2=NCCN2CCN1.CC(C)(C)C1=C(C(C)(C)C)C2=NCCN2CCN1.CC(C)(C)C1=NCCN2CCN=C2C1C(C)(C)C.CC(C)(C)CC1=NCCN1CCNC(=O)C(C)(C)C.CC(C)(C)CC1=NCCN1CCNC(=O)C(C)(C)C.CO.CO. The Labute approximate surface area is 818 Å². The van der Waals surface area contributed by atoms with Gasteiger partial charge in [0.2, 0.25) is 35.4 Å². The van der Waals surface area contributed by atoms with Crippen LogP contribution in [-0.4, -0.2) is 303 Å². The highest BCUT2D eigenvalue weighted by atomic mass is 16.2. The Hall–Kier alpha value is -7.24. The normalized spacial score (nSPS) is 17.4. The van der Waals surface area contributed by atoms with Crippen LogP contribution in [0.15, 0.2) is 52.5 Å². The van der Waals surface area contributed by atoms with Gasteiger partial charge < -0.3 is 87.9 Å². The first-order valence-corrected chi connectivity index (χ1v) is 49.9. The first-order valence-electron chi connectivity index (χ1n) is 49.9. The molecule has 8 aliphatic rings. The molecule has 1 atom stereocenters. The summed E-state index contributed by atoms with van der Waals surface area (Å²) in [5.74, 6) is 6.93. The molecule has 0 aromatic rings. The number of aliphatic imine (C=N–C) groups is 6. The largest absolute Gasteiger partial charge is 0.400 e. The molecule has 12 N–H and O–H groups in total. The average molecular weight is 1890 g/mol. The van der Waals surface area contributed by atoms with E-state index in [0.717, 1.165) is 145 Å². The van der Waals surface area contributed by atoms with Gasteiger partial charge in [-0.2, -0.15) is 0 Å². The van der Waals surface area contributed by atoms with Crippen LogP contribution < -0.4 is 53.2 Å². The highest BCUT2D eigenvalue weighted by molar-refractivity contribution is 6.10. The maximum absolute atomic E-state index is 11.8. The molecule has 0 bridgehead atoms. The van der Waals surface area contributed by atoms with Crippen molar-refractivity contribution in [2.45, 2.75) is 304 Å². The van der Waals surface area contributed by atoms with E-state index in [9.17, 15) is 28.8 Å². The van der Waals surface area contributed by atoms with Gasteiger partial charge in [-0.05, 0) is 27.1 Å². The minimum atomic E-state index is -0.347. The fourth-order valence-electron chi connectivity index (χ4n) is 14.9. The van der Waals surface area contributed by atoms with E-state index in [1.165, 1.54) is 57.4 Å². The lowest BCUT2D eigenvalue weighted by atomic mass is 9.69. The molecule has 0 aromatic heterocycles. The molecule has 8 rings (SSSR count). The molecule has 29 heteroatoms. The number of carbonyl (C=O) groups excluding carboxylic acids is 6. The van der Waals surface area contributed by atoms with Crippen LogP contribution >= 0.6 is 0 Å².